The van der Waals surface area contributed by atoms with E-state index in [1.54, 1.807) is 48.5 Å². The Bertz CT molecular complexity index is 1130. The molecule has 0 bridgehead atoms. The molecule has 0 fully saturated rings. The van der Waals surface area contributed by atoms with E-state index >= 15 is 0 Å². The van der Waals surface area contributed by atoms with Crippen molar-refractivity contribution in [2.24, 2.45) is 0 Å². The lowest BCUT2D eigenvalue weighted by atomic mass is 9.94. The van der Waals surface area contributed by atoms with E-state index in [0.29, 0.717) is 17.0 Å². The number of ketones is 1. The average Bonchev–Trinajstić information content (AvgIpc) is 3.37. The van der Waals surface area contributed by atoms with Crippen LogP contribution in [0.5, 0.6) is 5.75 Å². The van der Waals surface area contributed by atoms with Crippen LogP contribution in [0.4, 0.5) is 10.5 Å². The molecule has 2 heterocycles. The number of urea groups is 1. The molecule has 8 heteroatoms. The Morgan fingerprint density at radius 2 is 1.71 bits per heavy atom. The fraction of sp³-hybridized carbons (Fsp3) is 0.130. The lowest BCUT2D eigenvalue weighted by Gasteiger charge is -2.16. The Morgan fingerprint density at radius 1 is 0.968 bits per heavy atom. The molecule has 0 saturated carbocycles. The first-order valence-electron chi connectivity index (χ1n) is 9.54. The van der Waals surface area contributed by atoms with E-state index in [0.717, 1.165) is 9.78 Å². The predicted octanol–water partition coefficient (Wildman–Crippen LogP) is 3.31. The monoisotopic (exact) mass is 434 g/mol. The van der Waals surface area contributed by atoms with Crippen molar-refractivity contribution in [1.82, 2.24) is 5.32 Å². The van der Waals surface area contributed by atoms with Gasteiger partial charge >= 0.3 is 6.03 Å². The standard InChI is InChI=1S/C23H18N2O5S/c26-19(13-16-9-6-12-31-16)21-17-10-4-5-11-18(17)25(22(21)28)23(29)24-20(27)14-30-15-7-2-1-3-8-15/h1-12,21H,13-14H2,(H,24,27,29). The van der Waals surface area contributed by atoms with Crippen molar-refractivity contribution >= 4 is 40.7 Å². The van der Waals surface area contributed by atoms with Gasteiger partial charge in [-0.15, -0.1) is 11.3 Å². The zero-order valence-corrected chi connectivity index (χ0v) is 17.1. The first-order chi connectivity index (χ1) is 15.0. The second-order valence-electron chi connectivity index (χ2n) is 6.84. The van der Waals surface area contributed by atoms with Gasteiger partial charge in [-0.25, -0.2) is 9.69 Å². The molecule has 2 aromatic carbocycles. The highest BCUT2D eigenvalue weighted by Gasteiger charge is 2.44. The number of amides is 4. The molecule has 7 nitrogen and oxygen atoms in total. The van der Waals surface area contributed by atoms with E-state index in [4.69, 9.17) is 4.74 Å². The number of carbonyl (C=O) groups is 4. The Balaban J connectivity index is 1.47. The van der Waals surface area contributed by atoms with Crippen molar-refractivity contribution in [3.8, 4) is 5.75 Å². The number of carbonyl (C=O) groups excluding carboxylic acids is 4. The van der Waals surface area contributed by atoms with E-state index in [9.17, 15) is 19.2 Å². The number of rotatable bonds is 6. The number of Topliss-reactive ketones (excluding diaryl/α,β-unsaturated/α-hetero) is 1. The summed E-state index contributed by atoms with van der Waals surface area (Å²) in [5.74, 6) is -2.27. The SMILES string of the molecule is O=C(COc1ccccc1)NC(=O)N1C(=O)C(C(=O)Cc2cccs2)c2ccccc21. The molecule has 0 aliphatic carbocycles. The van der Waals surface area contributed by atoms with Crippen molar-refractivity contribution in [1.29, 1.82) is 0 Å². The van der Waals surface area contributed by atoms with Crippen LogP contribution in [0.15, 0.2) is 72.1 Å². The Morgan fingerprint density at radius 3 is 2.45 bits per heavy atom. The van der Waals surface area contributed by atoms with Crippen LogP contribution in [0.25, 0.3) is 0 Å². The maximum Gasteiger partial charge on any atom is 0.335 e. The molecule has 1 unspecified atom stereocenters. The number of nitrogens with one attached hydrogen (secondary N) is 1. The number of benzene rings is 2. The summed E-state index contributed by atoms with van der Waals surface area (Å²) in [6.07, 6.45) is 0.0989. The first-order valence-corrected chi connectivity index (χ1v) is 10.4. The van der Waals surface area contributed by atoms with Crippen LogP contribution in [-0.2, 0) is 20.8 Å². The van der Waals surface area contributed by atoms with Gasteiger partial charge in [-0.2, -0.15) is 0 Å². The van der Waals surface area contributed by atoms with Crippen molar-refractivity contribution < 1.29 is 23.9 Å². The number of ether oxygens (including phenoxy) is 1. The third-order valence-electron chi connectivity index (χ3n) is 4.77. The molecule has 156 valence electrons. The normalized spacial score (nSPS) is 14.8. The van der Waals surface area contributed by atoms with Gasteiger partial charge in [0, 0.05) is 11.3 Å². The molecule has 4 rings (SSSR count). The Labute approximate surface area is 182 Å². The van der Waals surface area contributed by atoms with Gasteiger partial charge in [-0.1, -0.05) is 42.5 Å². The number of fused-ring (bicyclic) bond motifs is 1. The highest BCUT2D eigenvalue weighted by atomic mass is 32.1. The highest BCUT2D eigenvalue weighted by molar-refractivity contribution is 7.10. The lowest BCUT2D eigenvalue weighted by Crippen LogP contribution is -2.47. The lowest BCUT2D eigenvalue weighted by molar-refractivity contribution is -0.127. The number of anilines is 1. The molecule has 3 aromatic rings. The van der Waals surface area contributed by atoms with Gasteiger partial charge in [-0.3, -0.25) is 19.7 Å². The number of nitrogens with zero attached hydrogens (tertiary/aromatic N) is 1. The molecule has 1 aromatic heterocycles. The van der Waals surface area contributed by atoms with E-state index in [-0.39, 0.29) is 18.8 Å². The molecule has 31 heavy (non-hydrogen) atoms. The minimum Gasteiger partial charge on any atom is -0.484 e. The molecule has 1 aliphatic rings. The molecule has 1 atom stereocenters. The topological polar surface area (TPSA) is 92.8 Å². The van der Waals surface area contributed by atoms with Gasteiger partial charge in [0.1, 0.15) is 11.7 Å². The fourth-order valence-corrected chi connectivity index (χ4v) is 4.12. The summed E-state index contributed by atoms with van der Waals surface area (Å²) in [5.41, 5.74) is 0.753. The van der Waals surface area contributed by atoms with Crippen molar-refractivity contribution in [3.63, 3.8) is 0 Å². The van der Waals surface area contributed by atoms with Crippen LogP contribution in [0.3, 0.4) is 0 Å². The second kappa shape index (κ2) is 8.93. The van der Waals surface area contributed by atoms with E-state index in [2.05, 4.69) is 5.32 Å². The summed E-state index contributed by atoms with van der Waals surface area (Å²) in [7, 11) is 0. The number of hydrogen-bond donors (Lipinski definition) is 1. The Kier molecular flexibility index (Phi) is 5.90. The largest absolute Gasteiger partial charge is 0.484 e. The van der Waals surface area contributed by atoms with Crippen LogP contribution >= 0.6 is 11.3 Å². The van der Waals surface area contributed by atoms with Crippen LogP contribution in [-0.4, -0.2) is 30.2 Å². The maximum absolute atomic E-state index is 13.0. The van der Waals surface area contributed by atoms with Gasteiger partial charge < -0.3 is 4.74 Å². The summed E-state index contributed by atoms with van der Waals surface area (Å²) in [6, 6.07) is 18.0. The zero-order chi connectivity index (χ0) is 21.8. The number of hydrogen-bond acceptors (Lipinski definition) is 6. The van der Waals surface area contributed by atoms with E-state index in [1.165, 1.54) is 11.3 Å². The zero-order valence-electron chi connectivity index (χ0n) is 16.3. The second-order valence-corrected chi connectivity index (χ2v) is 7.88. The van der Waals surface area contributed by atoms with E-state index < -0.39 is 23.8 Å². The molecular formula is C23H18N2O5S. The third-order valence-corrected chi connectivity index (χ3v) is 5.65. The summed E-state index contributed by atoms with van der Waals surface area (Å²) < 4.78 is 5.33. The molecule has 0 radical (unpaired) electrons. The number of imide groups is 2. The minimum atomic E-state index is -1.08. The Hall–Kier alpha value is -3.78. The summed E-state index contributed by atoms with van der Waals surface area (Å²) >= 11 is 1.43. The third kappa shape index (κ3) is 4.39. The van der Waals surface area contributed by atoms with Crippen LogP contribution in [0.1, 0.15) is 16.4 Å². The van der Waals surface area contributed by atoms with Crippen molar-refractivity contribution in [2.45, 2.75) is 12.3 Å². The quantitative estimate of drug-likeness (QED) is 0.601. The predicted molar refractivity (Wildman–Crippen MR) is 115 cm³/mol. The van der Waals surface area contributed by atoms with E-state index in [1.807, 2.05) is 23.6 Å². The molecule has 1 N–H and O–H groups in total. The maximum atomic E-state index is 13.0. The average molecular weight is 434 g/mol. The molecule has 4 amide bonds. The van der Waals surface area contributed by atoms with Crippen molar-refractivity contribution in [2.75, 3.05) is 11.5 Å². The van der Waals surface area contributed by atoms with Crippen LogP contribution < -0.4 is 15.0 Å². The molecular weight excluding hydrogens is 416 g/mol. The van der Waals surface area contributed by atoms with Gasteiger partial charge in [0.05, 0.1) is 5.69 Å². The van der Waals surface area contributed by atoms with Crippen LogP contribution in [0, 0.1) is 0 Å². The summed E-state index contributed by atoms with van der Waals surface area (Å²) in [4.78, 5) is 52.5. The minimum absolute atomic E-state index is 0.0989. The van der Waals surface area contributed by atoms with Gasteiger partial charge in [-0.05, 0) is 35.2 Å². The summed E-state index contributed by atoms with van der Waals surface area (Å²) in [6.45, 7) is -0.389. The summed E-state index contributed by atoms with van der Waals surface area (Å²) in [5, 5.41) is 4.02. The molecule has 1 aliphatic heterocycles. The van der Waals surface area contributed by atoms with Gasteiger partial charge in [0.25, 0.3) is 5.91 Å². The first kappa shape index (κ1) is 20.5. The smallest absolute Gasteiger partial charge is 0.335 e. The molecule has 0 saturated heterocycles. The van der Waals surface area contributed by atoms with Gasteiger partial charge in [0.2, 0.25) is 5.91 Å². The number of thiophene rings is 1. The fourth-order valence-electron chi connectivity index (χ4n) is 3.40. The van der Waals surface area contributed by atoms with Crippen molar-refractivity contribution in [3.05, 3.63) is 82.6 Å². The van der Waals surface area contributed by atoms with Gasteiger partial charge in [0.15, 0.2) is 12.4 Å². The van der Waals surface area contributed by atoms with Crippen LogP contribution in [0.2, 0.25) is 0 Å². The highest BCUT2D eigenvalue weighted by Crippen LogP contribution is 2.38. The number of para-hydroxylation sites is 2. The molecule has 0 spiro atoms.